The fraction of sp³-hybridized carbons (Fsp3) is 0.600. The predicted molar refractivity (Wildman–Crippen MR) is 82.2 cm³/mol. The van der Waals surface area contributed by atoms with Crippen LogP contribution in [0.5, 0.6) is 0 Å². The van der Waals surface area contributed by atoms with Gasteiger partial charge in [0.05, 0.1) is 12.7 Å². The van der Waals surface area contributed by atoms with Crippen LogP contribution in [0.15, 0.2) is 18.3 Å². The minimum absolute atomic E-state index is 0.0485. The third-order valence-corrected chi connectivity index (χ3v) is 4.12. The molecule has 1 aromatic heterocycles. The number of nitrogens with zero attached hydrogens (tertiary/aromatic N) is 1. The number of aliphatic hydroxyl groups excluding tert-OH is 1. The van der Waals surface area contributed by atoms with Gasteiger partial charge in [0, 0.05) is 38.0 Å². The zero-order valence-electron chi connectivity index (χ0n) is 12.9. The Bertz CT molecular complexity index is 493. The lowest BCUT2D eigenvalue weighted by Gasteiger charge is -2.34. The number of nitrogens with one attached hydrogen (secondary N) is 2. The number of aromatic amines is 1. The summed E-state index contributed by atoms with van der Waals surface area (Å²) in [6, 6.07) is 4.16. The van der Waals surface area contributed by atoms with E-state index < -0.39 is 0 Å². The van der Waals surface area contributed by atoms with Crippen molar-refractivity contribution in [3.63, 3.8) is 0 Å². The number of hydrogen-bond donors (Lipinski definition) is 4. The molecule has 8 heteroatoms. The summed E-state index contributed by atoms with van der Waals surface area (Å²) in [6.07, 6.45) is 3.48. The highest BCUT2D eigenvalue weighted by Gasteiger charge is 2.37. The second kappa shape index (κ2) is 8.66. The SMILES string of the molecule is O=C(N[C@@H]1C[C@H]2CO[C@@H](CCO)CN2C1)c1ccc[nH]1.O=CO. The Labute approximate surface area is 134 Å². The molecular weight excluding hydrogens is 302 g/mol. The fourth-order valence-corrected chi connectivity index (χ4v) is 3.10. The van der Waals surface area contributed by atoms with Gasteiger partial charge in [-0.15, -0.1) is 0 Å². The number of carbonyl (C=O) groups is 2. The number of amides is 1. The molecule has 0 bridgehead atoms. The third kappa shape index (κ3) is 4.78. The first kappa shape index (κ1) is 17.5. The number of H-pyrrole nitrogens is 1. The number of aromatic nitrogens is 1. The van der Waals surface area contributed by atoms with Crippen molar-refractivity contribution in [1.29, 1.82) is 0 Å². The van der Waals surface area contributed by atoms with E-state index in [1.807, 2.05) is 6.07 Å². The molecule has 128 valence electrons. The normalized spacial score (nSPS) is 26.7. The van der Waals surface area contributed by atoms with E-state index in [1.165, 1.54) is 0 Å². The highest BCUT2D eigenvalue weighted by Crippen LogP contribution is 2.24. The summed E-state index contributed by atoms with van der Waals surface area (Å²) >= 11 is 0. The number of ether oxygens (including phenoxy) is 1. The van der Waals surface area contributed by atoms with Gasteiger partial charge in [0.25, 0.3) is 12.4 Å². The van der Waals surface area contributed by atoms with E-state index in [2.05, 4.69) is 15.2 Å². The van der Waals surface area contributed by atoms with Crippen LogP contribution in [-0.4, -0.2) is 77.0 Å². The first-order chi connectivity index (χ1) is 11.2. The summed E-state index contributed by atoms with van der Waals surface area (Å²) < 4.78 is 5.74. The molecule has 23 heavy (non-hydrogen) atoms. The van der Waals surface area contributed by atoms with Crippen LogP contribution in [0.2, 0.25) is 0 Å². The summed E-state index contributed by atoms with van der Waals surface area (Å²) in [5.74, 6) is -0.0485. The molecular formula is C15H23N3O5. The van der Waals surface area contributed by atoms with Gasteiger partial charge in [-0.25, -0.2) is 0 Å². The Kier molecular flexibility index (Phi) is 6.57. The molecule has 0 aromatic carbocycles. The molecule has 2 fully saturated rings. The van der Waals surface area contributed by atoms with Crippen LogP contribution in [-0.2, 0) is 9.53 Å². The number of carbonyl (C=O) groups excluding carboxylic acids is 1. The van der Waals surface area contributed by atoms with Crippen molar-refractivity contribution >= 4 is 12.4 Å². The summed E-state index contributed by atoms with van der Waals surface area (Å²) in [5, 5.41) is 18.9. The number of aliphatic hydroxyl groups is 1. The zero-order valence-corrected chi connectivity index (χ0v) is 12.9. The Morgan fingerprint density at radius 2 is 2.30 bits per heavy atom. The van der Waals surface area contributed by atoms with Gasteiger partial charge in [-0.3, -0.25) is 14.5 Å². The average molecular weight is 325 g/mol. The Hall–Kier alpha value is -1.90. The first-order valence-corrected chi connectivity index (χ1v) is 7.66. The largest absolute Gasteiger partial charge is 0.483 e. The molecule has 1 aromatic rings. The maximum atomic E-state index is 12.0. The molecule has 3 heterocycles. The molecule has 8 nitrogen and oxygen atoms in total. The van der Waals surface area contributed by atoms with Crippen molar-refractivity contribution in [2.45, 2.75) is 31.0 Å². The van der Waals surface area contributed by atoms with E-state index in [0.717, 1.165) is 19.5 Å². The van der Waals surface area contributed by atoms with Crippen LogP contribution in [0.3, 0.4) is 0 Å². The third-order valence-electron chi connectivity index (χ3n) is 4.12. The van der Waals surface area contributed by atoms with Crippen LogP contribution in [0.4, 0.5) is 0 Å². The van der Waals surface area contributed by atoms with Crippen LogP contribution >= 0.6 is 0 Å². The maximum Gasteiger partial charge on any atom is 0.290 e. The average Bonchev–Trinajstić information content (AvgIpc) is 3.16. The highest BCUT2D eigenvalue weighted by atomic mass is 16.5. The van der Waals surface area contributed by atoms with Gasteiger partial charge in [0.2, 0.25) is 0 Å². The smallest absolute Gasteiger partial charge is 0.290 e. The quantitative estimate of drug-likeness (QED) is 0.564. The monoisotopic (exact) mass is 325 g/mol. The Balaban J connectivity index is 0.000000595. The van der Waals surface area contributed by atoms with Gasteiger partial charge in [-0.1, -0.05) is 0 Å². The number of morpholine rings is 1. The van der Waals surface area contributed by atoms with E-state index in [9.17, 15) is 4.79 Å². The lowest BCUT2D eigenvalue weighted by Crippen LogP contribution is -2.46. The molecule has 0 saturated carbocycles. The van der Waals surface area contributed by atoms with Crippen LogP contribution in [0.1, 0.15) is 23.3 Å². The van der Waals surface area contributed by atoms with Crippen LogP contribution < -0.4 is 5.32 Å². The molecule has 0 radical (unpaired) electrons. The van der Waals surface area contributed by atoms with Gasteiger partial charge in [-0.05, 0) is 25.0 Å². The molecule has 0 spiro atoms. The minimum Gasteiger partial charge on any atom is -0.483 e. The van der Waals surface area contributed by atoms with E-state index in [1.54, 1.807) is 12.3 Å². The molecule has 1 amide bonds. The Morgan fingerprint density at radius 3 is 2.96 bits per heavy atom. The Morgan fingerprint density at radius 1 is 1.52 bits per heavy atom. The lowest BCUT2D eigenvalue weighted by molar-refractivity contribution is -0.122. The zero-order chi connectivity index (χ0) is 16.7. The van der Waals surface area contributed by atoms with Crippen molar-refractivity contribution in [3.05, 3.63) is 24.0 Å². The van der Waals surface area contributed by atoms with Gasteiger partial charge >= 0.3 is 0 Å². The topological polar surface area (TPSA) is 115 Å². The molecule has 4 N–H and O–H groups in total. The van der Waals surface area contributed by atoms with Crippen molar-refractivity contribution in [3.8, 4) is 0 Å². The maximum absolute atomic E-state index is 12.0. The van der Waals surface area contributed by atoms with Crippen LogP contribution in [0.25, 0.3) is 0 Å². The van der Waals surface area contributed by atoms with Crippen molar-refractivity contribution in [1.82, 2.24) is 15.2 Å². The van der Waals surface area contributed by atoms with Gasteiger partial charge in [0.1, 0.15) is 5.69 Å². The van der Waals surface area contributed by atoms with Crippen molar-refractivity contribution in [2.24, 2.45) is 0 Å². The molecule has 0 aliphatic carbocycles. The molecule has 3 rings (SSSR count). The summed E-state index contributed by atoms with van der Waals surface area (Å²) in [6.45, 7) is 2.32. The lowest BCUT2D eigenvalue weighted by atomic mass is 10.1. The molecule has 2 aliphatic rings. The van der Waals surface area contributed by atoms with Crippen LogP contribution in [0, 0.1) is 0 Å². The molecule has 2 saturated heterocycles. The van der Waals surface area contributed by atoms with Gasteiger partial charge in [0.15, 0.2) is 0 Å². The number of fused-ring (bicyclic) bond motifs is 1. The second-order valence-electron chi connectivity index (χ2n) is 5.67. The highest BCUT2D eigenvalue weighted by molar-refractivity contribution is 5.92. The molecule has 0 unspecified atom stereocenters. The van der Waals surface area contributed by atoms with E-state index in [4.69, 9.17) is 19.7 Å². The first-order valence-electron chi connectivity index (χ1n) is 7.66. The van der Waals surface area contributed by atoms with Crippen molar-refractivity contribution < 1.29 is 24.5 Å². The summed E-state index contributed by atoms with van der Waals surface area (Å²) in [4.78, 5) is 25.7. The summed E-state index contributed by atoms with van der Waals surface area (Å²) in [7, 11) is 0. The van der Waals surface area contributed by atoms with E-state index >= 15 is 0 Å². The number of carboxylic acid groups (broad SMARTS) is 1. The van der Waals surface area contributed by atoms with Gasteiger partial charge in [-0.2, -0.15) is 0 Å². The number of rotatable bonds is 4. The van der Waals surface area contributed by atoms with Crippen molar-refractivity contribution in [2.75, 3.05) is 26.3 Å². The van der Waals surface area contributed by atoms with Gasteiger partial charge < -0.3 is 25.3 Å². The summed E-state index contributed by atoms with van der Waals surface area (Å²) in [5.41, 5.74) is 0.601. The fourth-order valence-electron chi connectivity index (χ4n) is 3.10. The minimum atomic E-state index is -0.250. The predicted octanol–water partition coefficient (Wildman–Crippen LogP) is -0.331. The van der Waals surface area contributed by atoms with E-state index in [0.29, 0.717) is 24.8 Å². The standard InChI is InChI=1S/C14H21N3O3.CH2O2/c18-5-3-12-8-17-7-10(6-11(17)9-20-12)16-14(19)13-2-1-4-15-13;2-1-3/h1-2,4,10-12,15,18H,3,5-9H2,(H,16,19);1H,(H,2,3)/t10-,11+,12+;/m1./s1. The van der Waals surface area contributed by atoms with E-state index in [-0.39, 0.29) is 31.1 Å². The molecule has 2 aliphatic heterocycles. The number of hydrogen-bond acceptors (Lipinski definition) is 5. The second-order valence-corrected chi connectivity index (χ2v) is 5.67. The molecule has 3 atom stereocenters.